The van der Waals surface area contributed by atoms with Gasteiger partial charge < -0.3 is 20.3 Å². The number of amides is 1. The summed E-state index contributed by atoms with van der Waals surface area (Å²) in [7, 11) is 0. The molecule has 382 valence electrons. The van der Waals surface area contributed by atoms with Gasteiger partial charge in [-0.05, 0) is 89.9 Å². The van der Waals surface area contributed by atoms with Gasteiger partial charge in [-0.2, -0.15) is 0 Å². The minimum Gasteiger partial charge on any atom is -0.462 e. The van der Waals surface area contributed by atoms with Crippen LogP contribution in [0.15, 0.2) is 72.9 Å². The van der Waals surface area contributed by atoms with Crippen LogP contribution >= 0.6 is 0 Å². The zero-order chi connectivity index (χ0) is 48.1. The van der Waals surface area contributed by atoms with Gasteiger partial charge in [0.2, 0.25) is 5.91 Å². The van der Waals surface area contributed by atoms with Crippen LogP contribution in [0.1, 0.15) is 271 Å². The van der Waals surface area contributed by atoms with Gasteiger partial charge in [0.05, 0.1) is 25.2 Å². The fourth-order valence-corrected chi connectivity index (χ4v) is 8.28. The van der Waals surface area contributed by atoms with Crippen LogP contribution in [-0.2, 0) is 14.3 Å². The van der Waals surface area contributed by atoms with Crippen molar-refractivity contribution in [3.05, 3.63) is 72.9 Å². The smallest absolute Gasteiger partial charge is 0.306 e. The van der Waals surface area contributed by atoms with E-state index in [1.54, 1.807) is 0 Å². The first-order valence-electron chi connectivity index (χ1n) is 28.2. The highest BCUT2D eigenvalue weighted by molar-refractivity contribution is 5.77. The maximum absolute atomic E-state index is 13.2. The van der Waals surface area contributed by atoms with Crippen LogP contribution < -0.4 is 5.32 Å². The minimum absolute atomic E-state index is 0.0336. The molecule has 0 aromatic carbocycles. The number of hydrogen-bond donors (Lipinski definition) is 3. The Kier molecular flexibility index (Phi) is 51.1. The van der Waals surface area contributed by atoms with Crippen molar-refractivity contribution in [3.63, 3.8) is 0 Å². The molecule has 0 aliphatic carbocycles. The van der Waals surface area contributed by atoms with E-state index in [-0.39, 0.29) is 24.9 Å². The van der Waals surface area contributed by atoms with Crippen LogP contribution in [0.5, 0.6) is 0 Å². The van der Waals surface area contributed by atoms with Crippen LogP contribution in [0.2, 0.25) is 0 Å². The number of nitrogens with one attached hydrogen (secondary N) is 1. The molecule has 0 heterocycles. The fourth-order valence-electron chi connectivity index (χ4n) is 8.28. The molecule has 0 saturated carbocycles. The number of carbonyl (C=O) groups excluding carboxylic acids is 2. The second kappa shape index (κ2) is 53.3. The average Bonchev–Trinajstić information content (AvgIpc) is 3.31. The van der Waals surface area contributed by atoms with Crippen molar-refractivity contribution in [2.24, 2.45) is 0 Å². The second-order valence-corrected chi connectivity index (χ2v) is 19.0. The highest BCUT2D eigenvalue weighted by atomic mass is 16.5. The molecule has 1 amide bonds. The molecule has 0 rings (SSSR count). The summed E-state index contributed by atoms with van der Waals surface area (Å²) in [6.45, 7) is 6.36. The number of hydrogen-bond acceptors (Lipinski definition) is 5. The number of allylic oxidation sites excluding steroid dienone is 12. The lowest BCUT2D eigenvalue weighted by Gasteiger charge is -2.24. The van der Waals surface area contributed by atoms with E-state index in [9.17, 15) is 19.8 Å². The number of carbonyl (C=O) groups is 2. The van der Waals surface area contributed by atoms with Crippen LogP contribution in [0.25, 0.3) is 0 Å². The van der Waals surface area contributed by atoms with Crippen molar-refractivity contribution in [2.45, 2.75) is 289 Å². The lowest BCUT2D eigenvalue weighted by atomic mass is 10.0. The number of aliphatic hydroxyl groups excluding tert-OH is 2. The molecule has 3 unspecified atom stereocenters. The molecule has 0 aromatic heterocycles. The van der Waals surface area contributed by atoms with Gasteiger partial charge in [0.15, 0.2) is 0 Å². The van der Waals surface area contributed by atoms with Crippen molar-refractivity contribution in [1.29, 1.82) is 0 Å². The number of unbranched alkanes of at least 4 members (excludes halogenated alkanes) is 26. The first-order chi connectivity index (χ1) is 32.5. The first kappa shape index (κ1) is 63.3. The third-order valence-electron chi connectivity index (χ3n) is 12.5. The third kappa shape index (κ3) is 47.8. The molecule has 0 spiro atoms. The van der Waals surface area contributed by atoms with E-state index in [0.717, 1.165) is 89.9 Å². The molecule has 0 aromatic rings. The minimum atomic E-state index is -0.807. The normalized spacial score (nSPS) is 13.7. The summed E-state index contributed by atoms with van der Waals surface area (Å²) in [6, 6.07) is -0.724. The van der Waals surface area contributed by atoms with E-state index in [2.05, 4.69) is 99.0 Å². The highest BCUT2D eigenvalue weighted by Gasteiger charge is 2.24. The van der Waals surface area contributed by atoms with E-state index in [1.807, 2.05) is 0 Å². The van der Waals surface area contributed by atoms with Crippen molar-refractivity contribution in [3.8, 4) is 0 Å². The standard InChI is InChI=1S/C60H107NO5/c1-4-7-10-13-16-19-22-25-27-29-31-33-35-38-41-44-47-50-53-60(65)66-56(51-48-45-42-39-36-34-32-30-28-26-23-20-17-14-11-8-5-2)54-59(64)61-57(55-62)58(63)52-49-46-43-40-37-24-21-18-15-12-9-6-3/h8,11,17,20,26,28,31-34,39,42,56-58,62-63H,4-7,9-10,12-16,18-19,21-25,27,29-30,35-38,40-41,43-55H2,1-3H3,(H,61,64)/b11-8-,20-17-,28-26-,33-31+,34-32-,42-39-. The summed E-state index contributed by atoms with van der Waals surface area (Å²) in [5, 5.41) is 23.8. The van der Waals surface area contributed by atoms with E-state index in [4.69, 9.17) is 4.74 Å². The molecular weight excluding hydrogens is 815 g/mol. The van der Waals surface area contributed by atoms with Crippen molar-refractivity contribution < 1.29 is 24.5 Å². The summed E-state index contributed by atoms with van der Waals surface area (Å²) in [4.78, 5) is 26.2. The van der Waals surface area contributed by atoms with Gasteiger partial charge in [0.1, 0.15) is 6.10 Å². The largest absolute Gasteiger partial charge is 0.462 e. The molecule has 0 aliphatic rings. The van der Waals surface area contributed by atoms with Gasteiger partial charge in [-0.1, -0.05) is 241 Å². The topological polar surface area (TPSA) is 95.9 Å². The van der Waals surface area contributed by atoms with E-state index in [0.29, 0.717) is 19.3 Å². The molecule has 0 radical (unpaired) electrons. The van der Waals surface area contributed by atoms with Crippen molar-refractivity contribution in [2.75, 3.05) is 6.61 Å². The summed E-state index contributed by atoms with van der Waals surface area (Å²) in [5.41, 5.74) is 0. The maximum atomic E-state index is 13.2. The van der Waals surface area contributed by atoms with Crippen LogP contribution in [0, 0.1) is 0 Å². The lowest BCUT2D eigenvalue weighted by molar-refractivity contribution is -0.151. The van der Waals surface area contributed by atoms with Crippen molar-refractivity contribution in [1.82, 2.24) is 5.32 Å². The van der Waals surface area contributed by atoms with Gasteiger partial charge in [-0.25, -0.2) is 0 Å². The average molecular weight is 923 g/mol. The molecule has 66 heavy (non-hydrogen) atoms. The second-order valence-electron chi connectivity index (χ2n) is 19.0. The number of ether oxygens (including phenoxy) is 1. The molecule has 6 heteroatoms. The number of esters is 1. The van der Waals surface area contributed by atoms with Crippen LogP contribution in [-0.4, -0.2) is 46.9 Å². The summed E-state index contributed by atoms with van der Waals surface area (Å²) in [6.07, 6.45) is 68.3. The Balaban J connectivity index is 4.68. The molecule has 6 nitrogen and oxygen atoms in total. The highest BCUT2D eigenvalue weighted by Crippen LogP contribution is 2.17. The van der Waals surface area contributed by atoms with Gasteiger partial charge in [-0.15, -0.1) is 0 Å². The predicted octanol–water partition coefficient (Wildman–Crippen LogP) is 17.3. The molecule has 0 saturated heterocycles. The fraction of sp³-hybridized carbons (Fsp3) is 0.767. The zero-order valence-corrected chi connectivity index (χ0v) is 43.6. The summed E-state index contributed by atoms with van der Waals surface area (Å²) in [5.74, 6) is -0.537. The van der Waals surface area contributed by atoms with Crippen LogP contribution in [0.4, 0.5) is 0 Å². The predicted molar refractivity (Wildman–Crippen MR) is 287 cm³/mol. The first-order valence-corrected chi connectivity index (χ1v) is 28.2. The van der Waals surface area contributed by atoms with Gasteiger partial charge in [0, 0.05) is 6.42 Å². The Morgan fingerprint density at radius 2 is 0.833 bits per heavy atom. The molecule has 3 atom stereocenters. The van der Waals surface area contributed by atoms with Crippen LogP contribution in [0.3, 0.4) is 0 Å². The van der Waals surface area contributed by atoms with E-state index >= 15 is 0 Å². The Morgan fingerprint density at radius 3 is 1.29 bits per heavy atom. The number of aliphatic hydroxyl groups is 2. The Labute approximate surface area is 409 Å². The third-order valence-corrected chi connectivity index (χ3v) is 12.5. The van der Waals surface area contributed by atoms with E-state index in [1.165, 1.54) is 135 Å². The number of rotatable bonds is 50. The molecule has 0 aliphatic heterocycles. The summed E-state index contributed by atoms with van der Waals surface area (Å²) < 4.78 is 5.92. The molecule has 3 N–H and O–H groups in total. The van der Waals surface area contributed by atoms with Gasteiger partial charge in [-0.3, -0.25) is 9.59 Å². The summed E-state index contributed by atoms with van der Waals surface area (Å²) >= 11 is 0. The monoisotopic (exact) mass is 922 g/mol. The van der Waals surface area contributed by atoms with Gasteiger partial charge in [0.25, 0.3) is 0 Å². The quantitative estimate of drug-likeness (QED) is 0.0321. The van der Waals surface area contributed by atoms with Crippen molar-refractivity contribution >= 4 is 11.9 Å². The SMILES string of the molecule is CC/C=C\C/C=C\C/C=C\C/C=C\C/C=C\CCCC(CC(=O)NC(CO)C(O)CCCCCCCCCCCCCC)OC(=O)CCCCCCC/C=C/CCCCCCCCCCC. The Bertz CT molecular complexity index is 1220. The van der Waals surface area contributed by atoms with E-state index < -0.39 is 18.2 Å². The molecule has 0 fully saturated rings. The molecule has 0 bridgehead atoms. The maximum Gasteiger partial charge on any atom is 0.306 e. The Morgan fingerprint density at radius 1 is 0.455 bits per heavy atom. The van der Waals surface area contributed by atoms with Gasteiger partial charge >= 0.3 is 5.97 Å². The zero-order valence-electron chi connectivity index (χ0n) is 43.6. The molecular formula is C60H107NO5. The Hall–Kier alpha value is -2.70. The lowest BCUT2D eigenvalue weighted by Crippen LogP contribution is -2.46.